The highest BCUT2D eigenvalue weighted by molar-refractivity contribution is 5.70. The number of carboxylic acids is 3. The second kappa shape index (κ2) is 12.6. The molecule has 0 spiro atoms. The van der Waals surface area contributed by atoms with Crippen LogP contribution in [0.2, 0.25) is 0 Å². The summed E-state index contributed by atoms with van der Waals surface area (Å²) in [5, 5.41) is 27.7. The van der Waals surface area contributed by atoms with E-state index in [9.17, 15) is 24.6 Å². The van der Waals surface area contributed by atoms with Crippen molar-refractivity contribution in [1.82, 2.24) is 24.6 Å². The molecule has 32 heavy (non-hydrogen) atoms. The number of rotatable bonds is 8. The van der Waals surface area contributed by atoms with Crippen LogP contribution in [0.4, 0.5) is 0 Å². The van der Waals surface area contributed by atoms with Crippen molar-refractivity contribution in [1.29, 1.82) is 0 Å². The van der Waals surface area contributed by atoms with Crippen molar-refractivity contribution in [3.8, 4) is 0 Å². The molecule has 11 nitrogen and oxygen atoms in total. The SMILES string of the molecule is Cc1cccc(CN2CCN(CC(=O)O)/C=C\N(CC(=O)O)CCN(CC(=O)O)CC2)n1. The Balaban J connectivity index is 2.22. The summed E-state index contributed by atoms with van der Waals surface area (Å²) < 4.78 is 0. The van der Waals surface area contributed by atoms with E-state index in [-0.39, 0.29) is 19.6 Å². The molecule has 11 heteroatoms. The Bertz CT molecular complexity index is 818. The number of hydrogen-bond acceptors (Lipinski definition) is 8. The van der Waals surface area contributed by atoms with Crippen LogP contribution in [0, 0.1) is 6.92 Å². The summed E-state index contributed by atoms with van der Waals surface area (Å²) in [5.41, 5.74) is 1.79. The number of aryl methyl sites for hydroxylation is 1. The summed E-state index contributed by atoms with van der Waals surface area (Å²) in [4.78, 5) is 45.4. The smallest absolute Gasteiger partial charge is 0.323 e. The average Bonchev–Trinajstić information content (AvgIpc) is 2.69. The highest BCUT2D eigenvalue weighted by atomic mass is 16.4. The third-order valence-corrected chi connectivity index (χ3v) is 4.99. The number of aliphatic carboxylic acids is 3. The van der Waals surface area contributed by atoms with E-state index in [0.717, 1.165) is 11.4 Å². The predicted octanol–water partition coefficient (Wildman–Crippen LogP) is -0.163. The van der Waals surface area contributed by atoms with Gasteiger partial charge in [-0.3, -0.25) is 29.2 Å². The molecule has 0 amide bonds. The first kappa shape index (κ1) is 25.1. The largest absolute Gasteiger partial charge is 0.480 e. The lowest BCUT2D eigenvalue weighted by atomic mass is 10.2. The molecule has 2 heterocycles. The zero-order valence-corrected chi connectivity index (χ0v) is 18.3. The second-order valence-electron chi connectivity index (χ2n) is 7.74. The minimum Gasteiger partial charge on any atom is -0.480 e. The van der Waals surface area contributed by atoms with Crippen molar-refractivity contribution in [2.24, 2.45) is 0 Å². The van der Waals surface area contributed by atoms with Crippen LogP contribution in [0.5, 0.6) is 0 Å². The molecule has 1 aromatic heterocycles. The van der Waals surface area contributed by atoms with Crippen molar-refractivity contribution in [3.05, 3.63) is 42.0 Å². The van der Waals surface area contributed by atoms with E-state index >= 15 is 0 Å². The molecule has 0 saturated carbocycles. The molecule has 0 aliphatic carbocycles. The fraction of sp³-hybridized carbons (Fsp3) is 0.524. The van der Waals surface area contributed by atoms with Crippen LogP contribution >= 0.6 is 0 Å². The number of aromatic nitrogens is 1. The topological polar surface area (TPSA) is 138 Å². The van der Waals surface area contributed by atoms with Crippen LogP contribution in [-0.4, -0.2) is 117 Å². The minimum absolute atomic E-state index is 0.147. The van der Waals surface area contributed by atoms with E-state index in [2.05, 4.69) is 9.88 Å². The summed E-state index contributed by atoms with van der Waals surface area (Å²) in [6.45, 7) is 4.50. The molecular formula is C21H31N5O6. The molecule has 0 aromatic carbocycles. The van der Waals surface area contributed by atoms with E-state index in [1.807, 2.05) is 25.1 Å². The molecule has 1 aliphatic heterocycles. The van der Waals surface area contributed by atoms with Gasteiger partial charge in [-0.2, -0.15) is 0 Å². The summed E-state index contributed by atoms with van der Waals surface area (Å²) in [5.74, 6) is -2.95. The maximum absolute atomic E-state index is 11.3. The molecule has 0 atom stereocenters. The Morgan fingerprint density at radius 3 is 1.81 bits per heavy atom. The number of carbonyl (C=O) groups is 3. The summed E-state index contributed by atoms with van der Waals surface area (Å²) in [6.07, 6.45) is 3.15. The summed E-state index contributed by atoms with van der Waals surface area (Å²) in [6, 6.07) is 5.77. The van der Waals surface area contributed by atoms with Crippen molar-refractivity contribution < 1.29 is 29.7 Å². The lowest BCUT2D eigenvalue weighted by Crippen LogP contribution is -2.44. The van der Waals surface area contributed by atoms with Gasteiger partial charge in [-0.05, 0) is 19.1 Å². The number of pyridine rings is 1. The predicted molar refractivity (Wildman–Crippen MR) is 116 cm³/mol. The van der Waals surface area contributed by atoms with Crippen molar-refractivity contribution in [2.75, 3.05) is 58.9 Å². The third-order valence-electron chi connectivity index (χ3n) is 4.99. The van der Waals surface area contributed by atoms with Gasteiger partial charge in [0.2, 0.25) is 0 Å². The molecule has 176 valence electrons. The quantitative estimate of drug-likeness (QED) is 0.488. The van der Waals surface area contributed by atoms with Gasteiger partial charge >= 0.3 is 17.9 Å². The van der Waals surface area contributed by atoms with Crippen LogP contribution in [0.25, 0.3) is 0 Å². The van der Waals surface area contributed by atoms with Crippen molar-refractivity contribution >= 4 is 17.9 Å². The van der Waals surface area contributed by atoms with Crippen LogP contribution in [0.1, 0.15) is 11.4 Å². The molecule has 0 fully saturated rings. The highest BCUT2D eigenvalue weighted by Crippen LogP contribution is 2.07. The summed E-state index contributed by atoms with van der Waals surface area (Å²) >= 11 is 0. The Morgan fingerprint density at radius 2 is 1.28 bits per heavy atom. The Morgan fingerprint density at radius 1 is 0.781 bits per heavy atom. The van der Waals surface area contributed by atoms with Crippen molar-refractivity contribution in [2.45, 2.75) is 13.5 Å². The van der Waals surface area contributed by atoms with E-state index in [4.69, 9.17) is 5.11 Å². The van der Waals surface area contributed by atoms with Crippen molar-refractivity contribution in [3.63, 3.8) is 0 Å². The van der Waals surface area contributed by atoms with Gasteiger partial charge in [0.15, 0.2) is 0 Å². The summed E-state index contributed by atoms with van der Waals surface area (Å²) in [7, 11) is 0. The normalized spacial score (nSPS) is 17.9. The molecule has 0 radical (unpaired) electrons. The van der Waals surface area contributed by atoms with Crippen LogP contribution in [0.15, 0.2) is 30.6 Å². The fourth-order valence-corrected chi connectivity index (χ4v) is 3.42. The van der Waals surface area contributed by atoms with Crippen LogP contribution in [-0.2, 0) is 20.9 Å². The van der Waals surface area contributed by atoms with Gasteiger partial charge in [0, 0.05) is 63.9 Å². The molecular weight excluding hydrogens is 418 g/mol. The Kier molecular flexibility index (Phi) is 9.89. The first-order valence-corrected chi connectivity index (χ1v) is 10.4. The van der Waals surface area contributed by atoms with Gasteiger partial charge in [-0.1, -0.05) is 6.07 Å². The van der Waals surface area contributed by atoms with Gasteiger partial charge in [-0.25, -0.2) is 0 Å². The zero-order chi connectivity index (χ0) is 23.5. The van der Waals surface area contributed by atoms with E-state index in [0.29, 0.717) is 45.8 Å². The number of carboxylic acid groups (broad SMARTS) is 3. The molecule has 0 saturated heterocycles. The first-order chi connectivity index (χ1) is 15.2. The van der Waals surface area contributed by atoms with Crippen LogP contribution in [0.3, 0.4) is 0 Å². The molecule has 1 aliphatic rings. The average molecular weight is 450 g/mol. The lowest BCUT2D eigenvalue weighted by Gasteiger charge is -2.31. The van der Waals surface area contributed by atoms with Gasteiger partial charge in [-0.15, -0.1) is 0 Å². The lowest BCUT2D eigenvalue weighted by molar-refractivity contribution is -0.139. The minimum atomic E-state index is -1.02. The van der Waals surface area contributed by atoms with E-state index < -0.39 is 17.9 Å². The third kappa shape index (κ3) is 9.75. The fourth-order valence-electron chi connectivity index (χ4n) is 3.42. The number of nitrogens with zero attached hydrogens (tertiary/aromatic N) is 5. The standard InChI is InChI=1S/C21H31N5O6/c1-17-3-2-4-18(22-17)13-23-5-7-24(14-19(27)28)9-11-26(16-21(31)32)12-10-25(8-6-23)15-20(29)30/h2-4,9,11H,5-8,10,12-16H2,1H3,(H,27,28)(H,29,30)(H,31,32)/b11-9-. The van der Waals surface area contributed by atoms with Gasteiger partial charge in [0.05, 0.1) is 12.2 Å². The second-order valence-corrected chi connectivity index (χ2v) is 7.74. The highest BCUT2D eigenvalue weighted by Gasteiger charge is 2.17. The molecule has 0 bridgehead atoms. The van der Waals surface area contributed by atoms with Gasteiger partial charge < -0.3 is 25.1 Å². The molecule has 0 unspecified atom stereocenters. The molecule has 2 rings (SSSR count). The Hall–Kier alpha value is -3.18. The molecule has 1 aromatic rings. The Labute approximate surface area is 187 Å². The molecule has 3 N–H and O–H groups in total. The van der Waals surface area contributed by atoms with E-state index in [1.165, 1.54) is 0 Å². The van der Waals surface area contributed by atoms with Gasteiger partial charge in [0.1, 0.15) is 13.1 Å². The number of hydrogen-bond donors (Lipinski definition) is 3. The first-order valence-electron chi connectivity index (χ1n) is 10.4. The zero-order valence-electron chi connectivity index (χ0n) is 18.3. The van der Waals surface area contributed by atoms with Crippen LogP contribution < -0.4 is 0 Å². The van der Waals surface area contributed by atoms with Gasteiger partial charge in [0.25, 0.3) is 0 Å². The maximum atomic E-state index is 11.3. The van der Waals surface area contributed by atoms with E-state index in [1.54, 1.807) is 27.1 Å². The maximum Gasteiger partial charge on any atom is 0.323 e. The monoisotopic (exact) mass is 449 g/mol.